The molecule has 0 radical (unpaired) electrons. The summed E-state index contributed by atoms with van der Waals surface area (Å²) in [5, 5.41) is 8.10. The first-order chi connectivity index (χ1) is 9.72. The van der Waals surface area contributed by atoms with Gasteiger partial charge in [-0.15, -0.1) is 0 Å². The summed E-state index contributed by atoms with van der Waals surface area (Å²) >= 11 is 0. The molecule has 1 aliphatic rings. The van der Waals surface area contributed by atoms with Crippen molar-refractivity contribution in [3.8, 4) is 11.3 Å². The molecule has 0 unspecified atom stereocenters. The van der Waals surface area contributed by atoms with Gasteiger partial charge in [0.25, 0.3) is 0 Å². The molecule has 2 heterocycles. The van der Waals surface area contributed by atoms with Crippen molar-refractivity contribution in [2.45, 2.75) is 52.1 Å². The number of nitrogens with zero attached hydrogens (tertiary/aromatic N) is 2. The van der Waals surface area contributed by atoms with Gasteiger partial charge >= 0.3 is 0 Å². The molecule has 3 rings (SSSR count). The highest BCUT2D eigenvalue weighted by Gasteiger charge is 2.21. The van der Waals surface area contributed by atoms with Crippen LogP contribution in [-0.4, -0.2) is 15.8 Å². The van der Waals surface area contributed by atoms with Crippen molar-refractivity contribution < 1.29 is 4.42 Å². The average Bonchev–Trinajstić information content (AvgIpc) is 3.06. The average molecular weight is 273 g/mol. The predicted molar refractivity (Wildman–Crippen MR) is 79.5 cm³/mol. The number of hydrogen-bond donors (Lipinski definition) is 1. The molecule has 20 heavy (non-hydrogen) atoms. The van der Waals surface area contributed by atoms with Crippen LogP contribution >= 0.6 is 0 Å². The number of furan rings is 1. The third-order valence-corrected chi connectivity index (χ3v) is 3.96. The van der Waals surface area contributed by atoms with E-state index >= 15 is 0 Å². The molecule has 4 nitrogen and oxygen atoms in total. The van der Waals surface area contributed by atoms with Gasteiger partial charge in [0, 0.05) is 18.8 Å². The Morgan fingerprint density at radius 3 is 2.75 bits per heavy atom. The summed E-state index contributed by atoms with van der Waals surface area (Å²) in [6.45, 7) is 5.13. The van der Waals surface area contributed by atoms with Crippen LogP contribution in [-0.2, 0) is 26.4 Å². The molecule has 1 aliphatic carbocycles. The molecule has 0 spiro atoms. The number of aryl methyl sites for hydroxylation is 2. The highest BCUT2D eigenvalue weighted by molar-refractivity contribution is 5.64. The van der Waals surface area contributed by atoms with Crippen molar-refractivity contribution in [3.05, 3.63) is 29.3 Å². The van der Waals surface area contributed by atoms with Crippen molar-refractivity contribution >= 4 is 0 Å². The van der Waals surface area contributed by atoms with Crippen molar-refractivity contribution in [2.24, 2.45) is 7.05 Å². The topological polar surface area (TPSA) is 43.0 Å². The van der Waals surface area contributed by atoms with Crippen LogP contribution in [0, 0.1) is 0 Å². The lowest BCUT2D eigenvalue weighted by Gasteiger charge is -2.02. The molecule has 0 atom stereocenters. The normalized spacial score (nSPS) is 14.9. The van der Waals surface area contributed by atoms with Gasteiger partial charge < -0.3 is 9.73 Å². The zero-order valence-electron chi connectivity index (χ0n) is 12.6. The molecule has 0 aromatic carbocycles. The Hall–Kier alpha value is -1.55. The molecular weight excluding hydrogens is 250 g/mol. The van der Waals surface area contributed by atoms with Crippen molar-refractivity contribution in [2.75, 3.05) is 0 Å². The van der Waals surface area contributed by atoms with Gasteiger partial charge in [-0.3, -0.25) is 4.68 Å². The SMILES string of the molecule is CCc1nn(C)c(CC)c1-c1ccc(CNC2CC2)o1. The molecule has 1 saturated carbocycles. The maximum Gasteiger partial charge on any atom is 0.138 e. The minimum atomic E-state index is 0.708. The van der Waals surface area contributed by atoms with E-state index in [4.69, 9.17) is 4.42 Å². The van der Waals surface area contributed by atoms with E-state index in [9.17, 15) is 0 Å². The van der Waals surface area contributed by atoms with Crippen molar-refractivity contribution in [1.29, 1.82) is 0 Å². The minimum absolute atomic E-state index is 0.708. The number of hydrogen-bond acceptors (Lipinski definition) is 3. The summed E-state index contributed by atoms with van der Waals surface area (Å²) in [7, 11) is 2.01. The minimum Gasteiger partial charge on any atom is -0.460 e. The quantitative estimate of drug-likeness (QED) is 0.879. The highest BCUT2D eigenvalue weighted by Crippen LogP contribution is 2.30. The van der Waals surface area contributed by atoms with E-state index < -0.39 is 0 Å². The van der Waals surface area contributed by atoms with Crippen LogP contribution in [0.25, 0.3) is 11.3 Å². The first-order valence-corrected chi connectivity index (χ1v) is 7.60. The monoisotopic (exact) mass is 273 g/mol. The third-order valence-electron chi connectivity index (χ3n) is 3.96. The first kappa shape index (κ1) is 13.4. The lowest BCUT2D eigenvalue weighted by Crippen LogP contribution is -2.14. The zero-order chi connectivity index (χ0) is 14.1. The van der Waals surface area contributed by atoms with Crippen LogP contribution < -0.4 is 5.32 Å². The molecule has 2 aromatic rings. The first-order valence-electron chi connectivity index (χ1n) is 7.60. The zero-order valence-corrected chi connectivity index (χ0v) is 12.6. The molecule has 1 fully saturated rings. The molecule has 0 aliphatic heterocycles. The van der Waals surface area contributed by atoms with Gasteiger partial charge in [-0.25, -0.2) is 0 Å². The molecule has 2 aromatic heterocycles. The van der Waals surface area contributed by atoms with Gasteiger partial charge in [-0.2, -0.15) is 5.10 Å². The highest BCUT2D eigenvalue weighted by atomic mass is 16.3. The van der Waals surface area contributed by atoms with Gasteiger partial charge in [-0.05, 0) is 37.8 Å². The van der Waals surface area contributed by atoms with E-state index in [1.54, 1.807) is 0 Å². The Bertz CT molecular complexity index is 593. The maximum atomic E-state index is 6.03. The summed E-state index contributed by atoms with van der Waals surface area (Å²) < 4.78 is 8.02. The Morgan fingerprint density at radius 1 is 1.30 bits per heavy atom. The lowest BCUT2D eigenvalue weighted by molar-refractivity contribution is 0.492. The van der Waals surface area contributed by atoms with E-state index in [-0.39, 0.29) is 0 Å². The Labute approximate surface area is 120 Å². The lowest BCUT2D eigenvalue weighted by atomic mass is 10.1. The summed E-state index contributed by atoms with van der Waals surface area (Å²) in [6, 6.07) is 4.87. The van der Waals surface area contributed by atoms with E-state index in [1.807, 2.05) is 11.7 Å². The van der Waals surface area contributed by atoms with Gasteiger partial charge in [0.15, 0.2) is 0 Å². The van der Waals surface area contributed by atoms with Gasteiger partial charge in [0.1, 0.15) is 11.5 Å². The molecule has 1 N–H and O–H groups in total. The van der Waals surface area contributed by atoms with Gasteiger partial charge in [-0.1, -0.05) is 13.8 Å². The van der Waals surface area contributed by atoms with Crippen LogP contribution in [0.15, 0.2) is 16.5 Å². The van der Waals surface area contributed by atoms with E-state index in [0.29, 0.717) is 6.04 Å². The molecular formula is C16H23N3O. The van der Waals surface area contributed by atoms with Gasteiger partial charge in [0.2, 0.25) is 0 Å². The fourth-order valence-corrected chi connectivity index (χ4v) is 2.70. The molecule has 0 bridgehead atoms. The fourth-order valence-electron chi connectivity index (χ4n) is 2.70. The van der Waals surface area contributed by atoms with E-state index in [1.165, 1.54) is 24.1 Å². The second-order valence-corrected chi connectivity index (χ2v) is 5.52. The maximum absolute atomic E-state index is 6.03. The Morgan fingerprint density at radius 2 is 2.10 bits per heavy atom. The Balaban J connectivity index is 1.87. The van der Waals surface area contributed by atoms with Crippen molar-refractivity contribution in [3.63, 3.8) is 0 Å². The molecule has 108 valence electrons. The second kappa shape index (κ2) is 5.44. The number of rotatable bonds is 6. The smallest absolute Gasteiger partial charge is 0.138 e. The number of aromatic nitrogens is 2. The molecule has 4 heteroatoms. The van der Waals surface area contributed by atoms with Crippen LogP contribution in [0.3, 0.4) is 0 Å². The summed E-state index contributed by atoms with van der Waals surface area (Å²) in [5.74, 6) is 1.97. The van der Waals surface area contributed by atoms with Crippen LogP contribution in [0.5, 0.6) is 0 Å². The van der Waals surface area contributed by atoms with Gasteiger partial charge in [0.05, 0.1) is 17.8 Å². The standard InChI is InChI=1S/C16H23N3O/c1-4-13-16(14(5-2)19(3)18-13)15-9-8-12(20-15)10-17-11-6-7-11/h8-9,11,17H,4-7,10H2,1-3H3. The summed E-state index contributed by atoms with van der Waals surface area (Å²) in [4.78, 5) is 0. The van der Waals surface area contributed by atoms with Crippen molar-refractivity contribution in [1.82, 2.24) is 15.1 Å². The largest absolute Gasteiger partial charge is 0.460 e. The fraction of sp³-hybridized carbons (Fsp3) is 0.562. The van der Waals surface area contributed by atoms with Crippen LogP contribution in [0.2, 0.25) is 0 Å². The molecule has 0 amide bonds. The predicted octanol–water partition coefficient (Wildman–Crippen LogP) is 3.06. The summed E-state index contributed by atoms with van der Waals surface area (Å²) in [5.41, 5.74) is 3.56. The van der Waals surface area contributed by atoms with E-state index in [0.717, 1.165) is 36.6 Å². The molecule has 0 saturated heterocycles. The number of nitrogens with one attached hydrogen (secondary N) is 1. The van der Waals surface area contributed by atoms with E-state index in [2.05, 4.69) is 36.4 Å². The summed E-state index contributed by atoms with van der Waals surface area (Å²) in [6.07, 6.45) is 4.50. The van der Waals surface area contributed by atoms with Crippen LogP contribution in [0.1, 0.15) is 43.8 Å². The third kappa shape index (κ3) is 2.52. The second-order valence-electron chi connectivity index (χ2n) is 5.52. The van der Waals surface area contributed by atoms with Crippen LogP contribution in [0.4, 0.5) is 0 Å². The Kier molecular flexibility index (Phi) is 3.66.